The van der Waals surface area contributed by atoms with Crippen molar-refractivity contribution in [3.63, 3.8) is 0 Å². The van der Waals surface area contributed by atoms with E-state index in [1.165, 1.54) is 36.9 Å². The molecule has 1 aromatic heterocycles. The molecule has 4 aliphatic carbocycles. The largest absolute Gasteiger partial charge is 0.390 e. The number of fused-ring (bicyclic) bond motifs is 6. The maximum atomic E-state index is 11.3. The SMILES string of the molecule is CC1(C)CC[C@H]2C3[C@@H](O)[C@H](O)[C@H]4Cc5[nH]ncc5C[C@]4(C)[C@H]3CC[C@@]21C. The number of aromatic amines is 1. The number of rotatable bonds is 0. The Morgan fingerprint density at radius 1 is 1.00 bits per heavy atom. The molecule has 0 aromatic carbocycles. The topological polar surface area (TPSA) is 69.1 Å². The third kappa shape index (κ3) is 1.90. The van der Waals surface area contributed by atoms with Crippen LogP contribution in [0.15, 0.2) is 6.20 Å². The fraction of sp³-hybridized carbons (Fsp3) is 0.864. The van der Waals surface area contributed by atoms with E-state index >= 15 is 0 Å². The summed E-state index contributed by atoms with van der Waals surface area (Å²) in [4.78, 5) is 0. The Labute approximate surface area is 156 Å². The summed E-state index contributed by atoms with van der Waals surface area (Å²) >= 11 is 0. The number of nitrogens with one attached hydrogen (secondary N) is 1. The van der Waals surface area contributed by atoms with Gasteiger partial charge >= 0.3 is 0 Å². The molecule has 1 unspecified atom stereocenters. The highest BCUT2D eigenvalue weighted by molar-refractivity contribution is 5.27. The van der Waals surface area contributed by atoms with E-state index in [4.69, 9.17) is 0 Å². The van der Waals surface area contributed by atoms with Crippen LogP contribution in [0.4, 0.5) is 0 Å². The molecule has 3 fully saturated rings. The van der Waals surface area contributed by atoms with Gasteiger partial charge in [-0.3, -0.25) is 5.10 Å². The van der Waals surface area contributed by atoms with E-state index in [0.29, 0.717) is 17.3 Å². The van der Waals surface area contributed by atoms with Gasteiger partial charge in [-0.2, -0.15) is 5.10 Å². The lowest BCUT2D eigenvalue weighted by molar-refractivity contribution is -0.210. The van der Waals surface area contributed by atoms with Crippen molar-refractivity contribution in [3.8, 4) is 0 Å². The molecule has 0 saturated heterocycles. The van der Waals surface area contributed by atoms with Crippen LogP contribution in [0.3, 0.4) is 0 Å². The van der Waals surface area contributed by atoms with Crippen LogP contribution in [0, 0.1) is 39.9 Å². The minimum atomic E-state index is -0.622. The molecule has 1 aromatic rings. The number of aliphatic hydroxyl groups is 2. The van der Waals surface area contributed by atoms with Gasteiger partial charge in [0.25, 0.3) is 0 Å². The molecule has 3 saturated carbocycles. The summed E-state index contributed by atoms with van der Waals surface area (Å²) in [6.45, 7) is 9.69. The number of nitrogens with zero attached hydrogens (tertiary/aromatic N) is 1. The standard InChI is InChI=1S/C22H34N2O2/c1-20(2)7-5-14-17-13(6-8-22(14,20)4)21(3)10-12-11-23-24-16(12)9-15(21)18(25)19(17)26/h11,13-15,17-19,25-26H,5-10H2,1-4H3,(H,23,24)/t13-,14-,15+,17?,18+,19+,21+,22-/m0/s1. The van der Waals surface area contributed by atoms with Crippen LogP contribution < -0.4 is 0 Å². The summed E-state index contributed by atoms with van der Waals surface area (Å²) in [5.41, 5.74) is 3.17. The molecule has 144 valence electrons. The molecule has 0 bridgehead atoms. The molecule has 4 nitrogen and oxygen atoms in total. The lowest BCUT2D eigenvalue weighted by atomic mass is 9.42. The first-order valence-corrected chi connectivity index (χ1v) is 10.6. The van der Waals surface area contributed by atoms with Crippen LogP contribution in [0.25, 0.3) is 0 Å². The summed E-state index contributed by atoms with van der Waals surface area (Å²) in [5.74, 6) is 1.40. The Balaban J connectivity index is 1.58. The van der Waals surface area contributed by atoms with Gasteiger partial charge in [0.15, 0.2) is 0 Å². The van der Waals surface area contributed by atoms with Gasteiger partial charge in [0.1, 0.15) is 0 Å². The summed E-state index contributed by atoms with van der Waals surface area (Å²) < 4.78 is 0. The van der Waals surface area contributed by atoms with E-state index in [-0.39, 0.29) is 22.7 Å². The Morgan fingerprint density at radius 3 is 2.50 bits per heavy atom. The molecule has 4 heteroatoms. The lowest BCUT2D eigenvalue weighted by Gasteiger charge is -2.63. The van der Waals surface area contributed by atoms with Crippen LogP contribution in [0.1, 0.15) is 64.6 Å². The van der Waals surface area contributed by atoms with Crippen LogP contribution in [0.5, 0.6) is 0 Å². The van der Waals surface area contributed by atoms with Crippen LogP contribution >= 0.6 is 0 Å². The molecular formula is C22H34N2O2. The number of hydrogen-bond acceptors (Lipinski definition) is 3. The quantitative estimate of drug-likeness (QED) is 0.666. The minimum absolute atomic E-state index is 0.0637. The second kappa shape index (κ2) is 5.14. The van der Waals surface area contributed by atoms with Gasteiger partial charge in [0, 0.05) is 5.69 Å². The molecule has 0 aliphatic heterocycles. The van der Waals surface area contributed by atoms with Gasteiger partial charge in [-0.15, -0.1) is 0 Å². The second-order valence-electron chi connectivity index (χ2n) is 11.0. The zero-order valence-electron chi connectivity index (χ0n) is 16.6. The fourth-order valence-corrected chi connectivity index (χ4v) is 7.98. The van der Waals surface area contributed by atoms with Crippen LogP contribution in [-0.2, 0) is 12.8 Å². The molecule has 8 atom stereocenters. The van der Waals surface area contributed by atoms with Gasteiger partial charge in [-0.25, -0.2) is 0 Å². The van der Waals surface area contributed by atoms with E-state index in [0.717, 1.165) is 12.8 Å². The number of H-pyrrole nitrogens is 1. The van der Waals surface area contributed by atoms with Gasteiger partial charge in [0.2, 0.25) is 0 Å². The van der Waals surface area contributed by atoms with E-state index in [1.54, 1.807) is 0 Å². The Morgan fingerprint density at radius 2 is 1.73 bits per heavy atom. The van der Waals surface area contributed by atoms with Gasteiger partial charge in [0.05, 0.1) is 18.4 Å². The van der Waals surface area contributed by atoms with Crippen molar-refractivity contribution in [2.75, 3.05) is 0 Å². The molecule has 0 spiro atoms. The number of aliphatic hydroxyl groups excluding tert-OH is 2. The van der Waals surface area contributed by atoms with Crippen molar-refractivity contribution in [1.29, 1.82) is 0 Å². The fourth-order valence-electron chi connectivity index (χ4n) is 7.98. The van der Waals surface area contributed by atoms with E-state index < -0.39 is 12.2 Å². The van der Waals surface area contributed by atoms with Crippen molar-refractivity contribution in [1.82, 2.24) is 10.2 Å². The maximum absolute atomic E-state index is 11.3. The van der Waals surface area contributed by atoms with Crippen molar-refractivity contribution >= 4 is 0 Å². The first kappa shape index (κ1) is 17.2. The van der Waals surface area contributed by atoms with E-state index in [9.17, 15) is 10.2 Å². The normalized spacial score (nSPS) is 51.9. The third-order valence-electron chi connectivity index (χ3n) is 10.0. The Hall–Kier alpha value is -0.870. The Bertz CT molecular complexity index is 727. The maximum Gasteiger partial charge on any atom is 0.0839 e. The average molecular weight is 359 g/mol. The molecule has 4 aliphatic rings. The minimum Gasteiger partial charge on any atom is -0.390 e. The molecule has 3 N–H and O–H groups in total. The zero-order valence-corrected chi connectivity index (χ0v) is 16.6. The van der Waals surface area contributed by atoms with Crippen molar-refractivity contribution in [2.24, 2.45) is 39.9 Å². The smallest absolute Gasteiger partial charge is 0.0839 e. The summed E-state index contributed by atoms with van der Waals surface area (Å²) in [6, 6.07) is 0. The number of aromatic nitrogens is 2. The first-order chi connectivity index (χ1) is 12.2. The van der Waals surface area contributed by atoms with E-state index in [1.807, 2.05) is 6.20 Å². The van der Waals surface area contributed by atoms with Gasteiger partial charge in [-0.1, -0.05) is 27.7 Å². The summed E-state index contributed by atoms with van der Waals surface area (Å²) in [5, 5.41) is 29.9. The first-order valence-electron chi connectivity index (χ1n) is 10.6. The van der Waals surface area contributed by atoms with Crippen LogP contribution in [-0.4, -0.2) is 32.6 Å². The highest BCUT2D eigenvalue weighted by Gasteiger charge is 2.66. The third-order valence-corrected chi connectivity index (χ3v) is 10.0. The summed E-state index contributed by atoms with van der Waals surface area (Å²) in [7, 11) is 0. The van der Waals surface area contributed by atoms with E-state index in [2.05, 4.69) is 37.9 Å². The molecule has 1 heterocycles. The highest BCUT2D eigenvalue weighted by atomic mass is 16.3. The molecule has 0 amide bonds. The van der Waals surface area contributed by atoms with Crippen molar-refractivity contribution < 1.29 is 10.2 Å². The second-order valence-corrected chi connectivity index (χ2v) is 11.0. The van der Waals surface area contributed by atoms with Crippen molar-refractivity contribution in [3.05, 3.63) is 17.5 Å². The molecular weight excluding hydrogens is 324 g/mol. The van der Waals surface area contributed by atoms with Gasteiger partial charge in [-0.05, 0) is 84.0 Å². The summed E-state index contributed by atoms with van der Waals surface area (Å²) in [6.07, 6.45) is 7.47. The number of hydrogen-bond donors (Lipinski definition) is 3. The highest BCUT2D eigenvalue weighted by Crippen LogP contribution is 2.69. The molecule has 5 rings (SSSR count). The monoisotopic (exact) mass is 358 g/mol. The predicted octanol–water partition coefficient (Wildman–Crippen LogP) is 3.33. The van der Waals surface area contributed by atoms with Crippen molar-refractivity contribution in [2.45, 2.75) is 78.4 Å². The Kier molecular flexibility index (Phi) is 3.41. The van der Waals surface area contributed by atoms with Crippen LogP contribution in [0.2, 0.25) is 0 Å². The predicted molar refractivity (Wildman–Crippen MR) is 100 cm³/mol. The molecule has 26 heavy (non-hydrogen) atoms. The molecule has 0 radical (unpaired) electrons. The average Bonchev–Trinajstić information content (AvgIpc) is 3.12. The zero-order chi connectivity index (χ0) is 18.5. The lowest BCUT2D eigenvalue weighted by Crippen LogP contribution is -2.64. The van der Waals surface area contributed by atoms with Gasteiger partial charge < -0.3 is 10.2 Å².